The largest absolute Gasteiger partial charge is 0.299 e. The maximum Gasteiger partial charge on any atom is 0.141 e. The van der Waals surface area contributed by atoms with E-state index in [4.69, 9.17) is 5.26 Å². The lowest BCUT2D eigenvalue weighted by Crippen LogP contribution is -2.35. The van der Waals surface area contributed by atoms with Crippen molar-refractivity contribution in [2.45, 2.75) is 46.0 Å². The molecule has 1 fully saturated rings. The maximum atomic E-state index is 11.8. The number of hydrogen-bond donors (Lipinski definition) is 0. The minimum atomic E-state index is -0.141. The molecule has 0 bridgehead atoms. The zero-order valence-electron chi connectivity index (χ0n) is 8.47. The van der Waals surface area contributed by atoms with Crippen LogP contribution in [0.5, 0.6) is 0 Å². The predicted molar refractivity (Wildman–Crippen MR) is 51.0 cm³/mol. The second-order valence-electron chi connectivity index (χ2n) is 4.53. The van der Waals surface area contributed by atoms with Gasteiger partial charge in [0.2, 0.25) is 0 Å². The third-order valence-electron chi connectivity index (χ3n) is 3.00. The number of carbonyl (C=O) groups is 1. The van der Waals surface area contributed by atoms with Crippen LogP contribution in [0.1, 0.15) is 46.0 Å². The van der Waals surface area contributed by atoms with Crippen LogP contribution in [0.25, 0.3) is 0 Å². The molecule has 0 spiro atoms. The summed E-state index contributed by atoms with van der Waals surface area (Å²) >= 11 is 0. The standard InChI is InChI=1S/C11H17NO/c1-11(2)7-3-5-9(10(11)13)6-4-8-12/h9H,3-7H2,1-2H3/t9-/m0/s1. The first-order valence-corrected chi connectivity index (χ1v) is 4.99. The highest BCUT2D eigenvalue weighted by atomic mass is 16.1. The summed E-state index contributed by atoms with van der Waals surface area (Å²) in [4.78, 5) is 11.8. The zero-order valence-corrected chi connectivity index (χ0v) is 8.47. The van der Waals surface area contributed by atoms with Crippen LogP contribution in [0.15, 0.2) is 0 Å². The molecular formula is C11H17NO. The average Bonchev–Trinajstić information content (AvgIpc) is 2.08. The average molecular weight is 179 g/mol. The van der Waals surface area contributed by atoms with E-state index < -0.39 is 0 Å². The predicted octanol–water partition coefficient (Wildman–Crippen LogP) is 2.69. The Labute approximate surface area is 79.9 Å². The molecule has 1 aliphatic carbocycles. The summed E-state index contributed by atoms with van der Waals surface area (Å²) < 4.78 is 0. The number of ketones is 1. The first-order chi connectivity index (χ1) is 6.08. The van der Waals surface area contributed by atoms with E-state index in [-0.39, 0.29) is 11.3 Å². The number of rotatable bonds is 2. The van der Waals surface area contributed by atoms with Crippen LogP contribution in [0, 0.1) is 22.7 Å². The number of hydrogen-bond acceptors (Lipinski definition) is 2. The lowest BCUT2D eigenvalue weighted by atomic mass is 9.70. The molecule has 0 saturated heterocycles. The molecule has 13 heavy (non-hydrogen) atoms. The first-order valence-electron chi connectivity index (χ1n) is 4.99. The Bertz CT molecular complexity index is 237. The van der Waals surface area contributed by atoms with E-state index in [1.54, 1.807) is 0 Å². The fraction of sp³-hybridized carbons (Fsp3) is 0.818. The number of nitrogens with zero attached hydrogens (tertiary/aromatic N) is 1. The van der Waals surface area contributed by atoms with Gasteiger partial charge in [-0.3, -0.25) is 4.79 Å². The van der Waals surface area contributed by atoms with Gasteiger partial charge in [0.05, 0.1) is 6.07 Å². The van der Waals surface area contributed by atoms with E-state index in [9.17, 15) is 4.79 Å². The van der Waals surface area contributed by atoms with Gasteiger partial charge in [0.15, 0.2) is 0 Å². The molecule has 0 aromatic carbocycles. The van der Waals surface area contributed by atoms with Gasteiger partial charge in [0.25, 0.3) is 0 Å². The van der Waals surface area contributed by atoms with Crippen molar-refractivity contribution in [2.24, 2.45) is 11.3 Å². The molecule has 0 unspecified atom stereocenters. The van der Waals surface area contributed by atoms with Crippen LogP contribution in [-0.4, -0.2) is 5.78 Å². The molecular weight excluding hydrogens is 162 g/mol. The highest BCUT2D eigenvalue weighted by Gasteiger charge is 2.36. The Balaban J connectivity index is 2.57. The zero-order chi connectivity index (χ0) is 9.90. The monoisotopic (exact) mass is 179 g/mol. The Morgan fingerprint density at radius 1 is 1.62 bits per heavy atom. The van der Waals surface area contributed by atoms with Crippen LogP contribution in [-0.2, 0) is 4.79 Å². The van der Waals surface area contributed by atoms with E-state index in [0.29, 0.717) is 12.2 Å². The third kappa shape index (κ3) is 2.30. The molecule has 72 valence electrons. The van der Waals surface area contributed by atoms with E-state index in [1.807, 2.05) is 13.8 Å². The minimum Gasteiger partial charge on any atom is -0.299 e. The molecule has 0 radical (unpaired) electrons. The molecule has 1 aliphatic rings. The summed E-state index contributed by atoms with van der Waals surface area (Å²) in [6, 6.07) is 2.11. The molecule has 1 rings (SSSR count). The second kappa shape index (κ2) is 3.91. The quantitative estimate of drug-likeness (QED) is 0.654. The third-order valence-corrected chi connectivity index (χ3v) is 3.00. The molecule has 0 heterocycles. The van der Waals surface area contributed by atoms with Gasteiger partial charge in [-0.05, 0) is 19.3 Å². The van der Waals surface area contributed by atoms with Crippen LogP contribution in [0.4, 0.5) is 0 Å². The molecule has 1 saturated carbocycles. The van der Waals surface area contributed by atoms with Crippen LogP contribution >= 0.6 is 0 Å². The van der Waals surface area contributed by atoms with Crippen molar-refractivity contribution in [1.82, 2.24) is 0 Å². The van der Waals surface area contributed by atoms with E-state index in [0.717, 1.165) is 25.7 Å². The van der Waals surface area contributed by atoms with Gasteiger partial charge < -0.3 is 0 Å². The normalized spacial score (nSPS) is 26.8. The highest BCUT2D eigenvalue weighted by molar-refractivity contribution is 5.86. The van der Waals surface area contributed by atoms with Gasteiger partial charge in [-0.1, -0.05) is 20.3 Å². The molecule has 2 nitrogen and oxygen atoms in total. The Morgan fingerprint density at radius 3 is 2.92 bits per heavy atom. The fourth-order valence-corrected chi connectivity index (χ4v) is 2.11. The lowest BCUT2D eigenvalue weighted by molar-refractivity contribution is -0.134. The van der Waals surface area contributed by atoms with Crippen molar-refractivity contribution in [1.29, 1.82) is 5.26 Å². The van der Waals surface area contributed by atoms with Crippen molar-refractivity contribution >= 4 is 5.78 Å². The summed E-state index contributed by atoms with van der Waals surface area (Å²) in [5.74, 6) is 0.525. The topological polar surface area (TPSA) is 40.9 Å². The van der Waals surface area contributed by atoms with Gasteiger partial charge in [0.1, 0.15) is 5.78 Å². The van der Waals surface area contributed by atoms with Crippen LogP contribution in [0.2, 0.25) is 0 Å². The van der Waals surface area contributed by atoms with Crippen molar-refractivity contribution in [2.75, 3.05) is 0 Å². The number of carbonyl (C=O) groups excluding carboxylic acids is 1. The molecule has 0 aliphatic heterocycles. The fourth-order valence-electron chi connectivity index (χ4n) is 2.11. The van der Waals surface area contributed by atoms with Gasteiger partial charge in [-0.15, -0.1) is 0 Å². The van der Waals surface area contributed by atoms with Gasteiger partial charge >= 0.3 is 0 Å². The van der Waals surface area contributed by atoms with Gasteiger partial charge in [-0.25, -0.2) is 0 Å². The van der Waals surface area contributed by atoms with Crippen molar-refractivity contribution in [3.63, 3.8) is 0 Å². The lowest BCUT2D eigenvalue weighted by Gasteiger charge is -2.33. The first kappa shape index (κ1) is 10.2. The van der Waals surface area contributed by atoms with E-state index in [2.05, 4.69) is 6.07 Å². The summed E-state index contributed by atoms with van der Waals surface area (Å²) in [5.41, 5.74) is -0.141. The van der Waals surface area contributed by atoms with Crippen molar-refractivity contribution < 1.29 is 4.79 Å². The Morgan fingerprint density at radius 2 is 2.31 bits per heavy atom. The summed E-state index contributed by atoms with van der Waals surface area (Å²) in [5, 5.41) is 8.45. The molecule has 0 aromatic rings. The molecule has 0 N–H and O–H groups in total. The number of nitriles is 1. The minimum absolute atomic E-state index is 0.141. The Hall–Kier alpha value is -0.840. The van der Waals surface area contributed by atoms with Gasteiger partial charge in [0, 0.05) is 17.8 Å². The molecule has 0 amide bonds. The summed E-state index contributed by atoms with van der Waals surface area (Å²) in [6.45, 7) is 4.04. The van der Waals surface area contributed by atoms with Crippen LogP contribution < -0.4 is 0 Å². The second-order valence-corrected chi connectivity index (χ2v) is 4.53. The van der Waals surface area contributed by atoms with Gasteiger partial charge in [-0.2, -0.15) is 5.26 Å². The molecule has 1 atom stereocenters. The highest BCUT2D eigenvalue weighted by Crippen LogP contribution is 2.36. The van der Waals surface area contributed by atoms with E-state index >= 15 is 0 Å². The summed E-state index contributed by atoms with van der Waals surface area (Å²) in [7, 11) is 0. The Kier molecular flexibility index (Phi) is 3.08. The maximum absolute atomic E-state index is 11.8. The van der Waals surface area contributed by atoms with Crippen molar-refractivity contribution in [3.05, 3.63) is 0 Å². The SMILES string of the molecule is CC1(C)CCC[C@@H](CCC#N)C1=O. The summed E-state index contributed by atoms with van der Waals surface area (Å²) in [6.07, 6.45) is 4.42. The van der Waals surface area contributed by atoms with Crippen LogP contribution in [0.3, 0.4) is 0 Å². The molecule has 0 aromatic heterocycles. The van der Waals surface area contributed by atoms with E-state index in [1.165, 1.54) is 0 Å². The number of Topliss-reactive ketones (excluding diaryl/α,β-unsaturated/α-hetero) is 1. The smallest absolute Gasteiger partial charge is 0.141 e. The van der Waals surface area contributed by atoms with Crippen molar-refractivity contribution in [3.8, 4) is 6.07 Å². The molecule has 2 heteroatoms.